The molecule has 3 atom stereocenters. The summed E-state index contributed by atoms with van der Waals surface area (Å²) in [4.78, 5) is 16.9. The lowest BCUT2D eigenvalue weighted by Gasteiger charge is -2.38. The van der Waals surface area contributed by atoms with Crippen LogP contribution in [0.1, 0.15) is 39.5 Å². The predicted octanol–water partition coefficient (Wildman–Crippen LogP) is 3.03. The van der Waals surface area contributed by atoms with E-state index < -0.39 is 0 Å². The van der Waals surface area contributed by atoms with Crippen molar-refractivity contribution in [1.82, 2.24) is 10.2 Å². The highest BCUT2D eigenvalue weighted by Crippen LogP contribution is 2.24. The molecule has 0 radical (unpaired) electrons. The van der Waals surface area contributed by atoms with E-state index in [2.05, 4.69) is 17.1 Å². The van der Waals surface area contributed by atoms with Crippen LogP contribution in [0.2, 0.25) is 0 Å². The largest absolute Gasteiger partial charge is 0.368 e. The third-order valence-corrected chi connectivity index (χ3v) is 5.73. The molecule has 1 N–H and O–H groups in total. The second kappa shape index (κ2) is 8.17. The number of hydrogen-bond acceptors (Lipinski definition) is 3. The molecule has 2 aliphatic rings. The van der Waals surface area contributed by atoms with Gasteiger partial charge < -0.3 is 15.1 Å². The Bertz CT molecular complexity index is 569. The molecule has 25 heavy (non-hydrogen) atoms. The summed E-state index contributed by atoms with van der Waals surface area (Å²) in [5, 5.41) is 3.57. The van der Waals surface area contributed by atoms with Crippen LogP contribution in [-0.2, 0) is 4.79 Å². The number of anilines is 1. The molecule has 138 valence electrons. The highest BCUT2D eigenvalue weighted by Gasteiger charge is 2.29. The summed E-state index contributed by atoms with van der Waals surface area (Å²) in [5.41, 5.74) is 1.02. The summed E-state index contributed by atoms with van der Waals surface area (Å²) in [5.74, 6) is 0.644. The van der Waals surface area contributed by atoms with E-state index in [0.717, 1.165) is 31.9 Å². The summed E-state index contributed by atoms with van der Waals surface area (Å²) in [6.45, 7) is 7.32. The van der Waals surface area contributed by atoms with E-state index >= 15 is 0 Å². The van der Waals surface area contributed by atoms with Gasteiger partial charge in [-0.2, -0.15) is 0 Å². The number of nitrogens with one attached hydrogen (secondary N) is 1. The van der Waals surface area contributed by atoms with Gasteiger partial charge in [0, 0.05) is 37.9 Å². The van der Waals surface area contributed by atoms with Crippen LogP contribution in [0.25, 0.3) is 0 Å². The first-order chi connectivity index (χ1) is 12.0. The van der Waals surface area contributed by atoms with Gasteiger partial charge in [0.05, 0.1) is 6.04 Å². The van der Waals surface area contributed by atoms with Crippen LogP contribution < -0.4 is 10.2 Å². The van der Waals surface area contributed by atoms with Gasteiger partial charge in [0.1, 0.15) is 5.82 Å². The fourth-order valence-electron chi connectivity index (χ4n) is 4.07. The monoisotopic (exact) mass is 347 g/mol. The van der Waals surface area contributed by atoms with Gasteiger partial charge >= 0.3 is 0 Å². The molecular weight excluding hydrogens is 317 g/mol. The number of halogens is 1. The molecule has 1 heterocycles. The smallest absolute Gasteiger partial charge is 0.239 e. The topological polar surface area (TPSA) is 35.6 Å². The first kappa shape index (κ1) is 18.2. The first-order valence-electron chi connectivity index (χ1n) is 9.60. The van der Waals surface area contributed by atoms with Gasteiger partial charge in [-0.15, -0.1) is 0 Å². The number of carbonyl (C=O) groups is 1. The molecule has 5 heteroatoms. The van der Waals surface area contributed by atoms with Crippen molar-refractivity contribution >= 4 is 11.6 Å². The third-order valence-electron chi connectivity index (χ3n) is 5.73. The minimum absolute atomic E-state index is 0.122. The van der Waals surface area contributed by atoms with Crippen LogP contribution in [-0.4, -0.2) is 49.1 Å². The van der Waals surface area contributed by atoms with Gasteiger partial charge in [0.2, 0.25) is 5.91 Å². The van der Waals surface area contributed by atoms with E-state index in [9.17, 15) is 9.18 Å². The van der Waals surface area contributed by atoms with E-state index in [1.165, 1.54) is 37.8 Å². The second-order valence-corrected chi connectivity index (χ2v) is 7.55. The molecular formula is C20H30FN3O. The SMILES string of the molecule is CC(NC1CCCCC1C)C(=O)N1CCN(c2ccc(F)cc2)CC1. The maximum Gasteiger partial charge on any atom is 0.239 e. The van der Waals surface area contributed by atoms with Crippen LogP contribution in [0.5, 0.6) is 0 Å². The van der Waals surface area contributed by atoms with E-state index in [-0.39, 0.29) is 17.8 Å². The molecule has 1 saturated carbocycles. The van der Waals surface area contributed by atoms with E-state index in [1.807, 2.05) is 24.0 Å². The van der Waals surface area contributed by atoms with Crippen molar-refractivity contribution < 1.29 is 9.18 Å². The third kappa shape index (κ3) is 4.51. The Balaban J connectivity index is 1.49. The van der Waals surface area contributed by atoms with Crippen LogP contribution in [0.4, 0.5) is 10.1 Å². The van der Waals surface area contributed by atoms with Gasteiger partial charge in [-0.3, -0.25) is 4.79 Å². The molecule has 1 aliphatic carbocycles. The quantitative estimate of drug-likeness (QED) is 0.909. The standard InChI is InChI=1S/C20H30FN3O/c1-15-5-3-4-6-19(15)22-16(2)20(25)24-13-11-23(12-14-24)18-9-7-17(21)8-10-18/h7-10,15-16,19,22H,3-6,11-14H2,1-2H3. The number of piperazine rings is 1. The number of nitrogens with zero attached hydrogens (tertiary/aromatic N) is 2. The summed E-state index contributed by atoms with van der Waals surface area (Å²) in [7, 11) is 0. The zero-order chi connectivity index (χ0) is 17.8. The molecule has 1 aliphatic heterocycles. The van der Waals surface area contributed by atoms with Crippen LogP contribution in [0.15, 0.2) is 24.3 Å². The number of carbonyl (C=O) groups excluding carboxylic acids is 1. The fraction of sp³-hybridized carbons (Fsp3) is 0.650. The number of benzene rings is 1. The second-order valence-electron chi connectivity index (χ2n) is 7.55. The minimum Gasteiger partial charge on any atom is -0.368 e. The van der Waals surface area contributed by atoms with Gasteiger partial charge in [0.15, 0.2) is 0 Å². The Morgan fingerprint density at radius 2 is 1.76 bits per heavy atom. The van der Waals surface area contributed by atoms with Crippen molar-refractivity contribution in [2.24, 2.45) is 5.92 Å². The van der Waals surface area contributed by atoms with Gasteiger partial charge in [-0.05, 0) is 49.9 Å². The maximum absolute atomic E-state index is 13.1. The first-order valence-corrected chi connectivity index (χ1v) is 9.60. The molecule has 0 bridgehead atoms. The number of rotatable bonds is 4. The summed E-state index contributed by atoms with van der Waals surface area (Å²) in [6, 6.07) is 6.94. The predicted molar refractivity (Wildman–Crippen MR) is 99.2 cm³/mol. The normalized spacial score (nSPS) is 25.7. The molecule has 3 rings (SSSR count). The average Bonchev–Trinajstić information content (AvgIpc) is 2.64. The van der Waals surface area contributed by atoms with Crippen molar-refractivity contribution in [1.29, 1.82) is 0 Å². The Morgan fingerprint density at radius 3 is 2.40 bits per heavy atom. The lowest BCUT2D eigenvalue weighted by atomic mass is 9.85. The molecule has 1 saturated heterocycles. The Hall–Kier alpha value is -1.62. The van der Waals surface area contributed by atoms with Crippen molar-refractivity contribution in [3.8, 4) is 0 Å². The molecule has 1 aromatic carbocycles. The van der Waals surface area contributed by atoms with Crippen LogP contribution >= 0.6 is 0 Å². The maximum atomic E-state index is 13.1. The van der Waals surface area contributed by atoms with Crippen LogP contribution in [0.3, 0.4) is 0 Å². The Kier molecular flexibility index (Phi) is 5.94. The molecule has 1 amide bonds. The average molecular weight is 347 g/mol. The summed E-state index contributed by atoms with van der Waals surface area (Å²) in [6.07, 6.45) is 5.01. The van der Waals surface area contributed by atoms with Crippen molar-refractivity contribution in [2.75, 3.05) is 31.1 Å². The van der Waals surface area contributed by atoms with Crippen molar-refractivity contribution in [2.45, 2.75) is 51.6 Å². The summed E-state index contributed by atoms with van der Waals surface area (Å²) >= 11 is 0. The van der Waals surface area contributed by atoms with E-state index in [0.29, 0.717) is 12.0 Å². The zero-order valence-electron chi connectivity index (χ0n) is 15.4. The molecule has 0 aromatic heterocycles. The lowest BCUT2D eigenvalue weighted by molar-refractivity contribution is -0.133. The van der Waals surface area contributed by atoms with Gasteiger partial charge in [-0.1, -0.05) is 19.8 Å². The number of hydrogen-bond donors (Lipinski definition) is 1. The minimum atomic E-state index is -0.214. The molecule has 3 unspecified atom stereocenters. The highest BCUT2D eigenvalue weighted by atomic mass is 19.1. The molecule has 0 spiro atoms. The Morgan fingerprint density at radius 1 is 1.12 bits per heavy atom. The molecule has 2 fully saturated rings. The van der Waals surface area contributed by atoms with Crippen molar-refractivity contribution in [3.63, 3.8) is 0 Å². The lowest BCUT2D eigenvalue weighted by Crippen LogP contribution is -2.55. The highest BCUT2D eigenvalue weighted by molar-refractivity contribution is 5.81. The van der Waals surface area contributed by atoms with Gasteiger partial charge in [-0.25, -0.2) is 4.39 Å². The Labute approximate surface area is 150 Å². The van der Waals surface area contributed by atoms with Crippen LogP contribution in [0, 0.1) is 11.7 Å². The number of amides is 1. The zero-order valence-corrected chi connectivity index (χ0v) is 15.4. The van der Waals surface area contributed by atoms with E-state index in [4.69, 9.17) is 0 Å². The van der Waals surface area contributed by atoms with Crippen molar-refractivity contribution in [3.05, 3.63) is 30.1 Å². The molecule has 1 aromatic rings. The van der Waals surface area contributed by atoms with E-state index in [1.54, 1.807) is 0 Å². The van der Waals surface area contributed by atoms with Gasteiger partial charge in [0.25, 0.3) is 0 Å². The molecule has 4 nitrogen and oxygen atoms in total. The summed E-state index contributed by atoms with van der Waals surface area (Å²) < 4.78 is 13.1. The fourth-order valence-corrected chi connectivity index (χ4v) is 4.07.